The van der Waals surface area contributed by atoms with E-state index in [9.17, 15) is 21.6 Å². The maximum atomic E-state index is 12.3. The van der Waals surface area contributed by atoms with E-state index in [1.165, 1.54) is 4.31 Å². The largest absolute Gasteiger partial charge is 0.477 e. The van der Waals surface area contributed by atoms with Gasteiger partial charge in [0.15, 0.2) is 0 Å². The molecule has 1 aromatic rings. The Hall–Kier alpha value is -1.43. The van der Waals surface area contributed by atoms with Crippen molar-refractivity contribution in [2.45, 2.75) is 37.1 Å². The highest BCUT2D eigenvalue weighted by atomic mass is 32.2. The number of carboxylic acids is 1. The topological polar surface area (TPSA) is 137 Å². The van der Waals surface area contributed by atoms with Crippen molar-refractivity contribution in [3.8, 4) is 0 Å². The van der Waals surface area contributed by atoms with Gasteiger partial charge >= 0.3 is 5.97 Å². The summed E-state index contributed by atoms with van der Waals surface area (Å²) in [5.74, 6) is -1.16. The van der Waals surface area contributed by atoms with Crippen LogP contribution in [-0.2, 0) is 20.0 Å². The number of nitrogens with one attached hydrogen (secondary N) is 2. The van der Waals surface area contributed by atoms with Crippen LogP contribution in [0.3, 0.4) is 0 Å². The summed E-state index contributed by atoms with van der Waals surface area (Å²) in [5, 5.41) is 8.83. The third-order valence-electron chi connectivity index (χ3n) is 3.83. The van der Waals surface area contributed by atoms with Crippen LogP contribution in [-0.4, -0.2) is 62.1 Å². The van der Waals surface area contributed by atoms with Crippen molar-refractivity contribution in [2.24, 2.45) is 0 Å². The second kappa shape index (κ2) is 7.21. The summed E-state index contributed by atoms with van der Waals surface area (Å²) < 4.78 is 52.4. The minimum Gasteiger partial charge on any atom is -0.477 e. The molecule has 1 aliphatic rings. The van der Waals surface area contributed by atoms with Crippen LogP contribution in [0.5, 0.6) is 0 Å². The minimum absolute atomic E-state index is 0.0880. The van der Waals surface area contributed by atoms with Crippen LogP contribution in [0, 0.1) is 0 Å². The Balaban J connectivity index is 1.99. The molecule has 0 saturated carbocycles. The molecular weight excluding hydrogens is 358 g/mol. The number of aromatic nitrogens is 1. The first-order valence-electron chi connectivity index (χ1n) is 7.57. The number of piperidine rings is 1. The van der Waals surface area contributed by atoms with E-state index in [4.69, 9.17) is 5.11 Å². The smallest absolute Gasteiger partial charge is 0.352 e. The number of carboxylic acid groups (broad SMARTS) is 1. The Labute approximate surface area is 141 Å². The predicted molar refractivity (Wildman–Crippen MR) is 86.7 cm³/mol. The highest BCUT2D eigenvalue weighted by Crippen LogP contribution is 2.18. The Morgan fingerprint density at radius 2 is 1.96 bits per heavy atom. The van der Waals surface area contributed by atoms with Gasteiger partial charge in [-0.05, 0) is 25.3 Å². The molecule has 0 aromatic carbocycles. The van der Waals surface area contributed by atoms with Gasteiger partial charge in [-0.15, -0.1) is 0 Å². The Morgan fingerprint density at radius 3 is 2.46 bits per heavy atom. The van der Waals surface area contributed by atoms with Gasteiger partial charge in [-0.25, -0.2) is 30.7 Å². The molecule has 24 heavy (non-hydrogen) atoms. The lowest BCUT2D eigenvalue weighted by atomic mass is 10.1. The van der Waals surface area contributed by atoms with Crippen molar-refractivity contribution in [2.75, 3.05) is 18.8 Å². The predicted octanol–water partition coefficient (Wildman–Crippen LogP) is 0.195. The van der Waals surface area contributed by atoms with E-state index < -0.39 is 26.0 Å². The molecule has 0 bridgehead atoms. The Kier molecular flexibility index (Phi) is 5.68. The molecule has 1 saturated heterocycles. The van der Waals surface area contributed by atoms with Crippen LogP contribution in [0.25, 0.3) is 0 Å². The van der Waals surface area contributed by atoms with Crippen molar-refractivity contribution in [1.29, 1.82) is 0 Å². The van der Waals surface area contributed by atoms with Crippen molar-refractivity contribution >= 4 is 26.0 Å². The number of carbonyl (C=O) groups is 1. The highest BCUT2D eigenvalue weighted by molar-refractivity contribution is 7.89. The van der Waals surface area contributed by atoms with E-state index in [0.717, 1.165) is 12.3 Å². The van der Waals surface area contributed by atoms with Gasteiger partial charge < -0.3 is 10.1 Å². The van der Waals surface area contributed by atoms with Crippen molar-refractivity contribution in [1.82, 2.24) is 14.0 Å². The Morgan fingerprint density at radius 1 is 1.33 bits per heavy atom. The first kappa shape index (κ1) is 18.9. The van der Waals surface area contributed by atoms with E-state index >= 15 is 0 Å². The Bertz CT molecular complexity index is 791. The average Bonchev–Trinajstić information content (AvgIpc) is 2.98. The van der Waals surface area contributed by atoms with E-state index in [1.807, 2.05) is 0 Å². The summed E-state index contributed by atoms with van der Waals surface area (Å²) in [6, 6.07) is 0.664. The minimum atomic E-state index is -3.85. The number of aromatic carboxylic acids is 1. The van der Waals surface area contributed by atoms with Crippen LogP contribution >= 0.6 is 0 Å². The molecule has 3 N–H and O–H groups in total. The van der Waals surface area contributed by atoms with E-state index in [2.05, 4.69) is 9.71 Å². The molecule has 0 radical (unpaired) electrons. The second-order valence-electron chi connectivity index (χ2n) is 5.66. The number of sulfonamides is 2. The maximum Gasteiger partial charge on any atom is 0.352 e. The zero-order valence-electron chi connectivity index (χ0n) is 13.2. The summed E-state index contributed by atoms with van der Waals surface area (Å²) in [4.78, 5) is 13.0. The van der Waals surface area contributed by atoms with Crippen LogP contribution in [0.4, 0.5) is 0 Å². The number of hydrogen-bond donors (Lipinski definition) is 3. The third-order valence-corrected chi connectivity index (χ3v) is 7.40. The van der Waals surface area contributed by atoms with Gasteiger partial charge in [0.2, 0.25) is 20.0 Å². The lowest BCUT2D eigenvalue weighted by Gasteiger charge is -2.31. The molecule has 9 nitrogen and oxygen atoms in total. The molecule has 11 heteroatoms. The van der Waals surface area contributed by atoms with E-state index in [-0.39, 0.29) is 35.5 Å². The lowest BCUT2D eigenvalue weighted by molar-refractivity contribution is 0.0691. The quantitative estimate of drug-likeness (QED) is 0.619. The van der Waals surface area contributed by atoms with Gasteiger partial charge in [-0.1, -0.05) is 6.92 Å². The summed E-state index contributed by atoms with van der Waals surface area (Å²) in [7, 11) is -7.12. The highest BCUT2D eigenvalue weighted by Gasteiger charge is 2.30. The van der Waals surface area contributed by atoms with Crippen LogP contribution in [0.2, 0.25) is 0 Å². The number of H-pyrrole nitrogens is 1. The first-order valence-corrected chi connectivity index (χ1v) is 10.7. The van der Waals surface area contributed by atoms with Gasteiger partial charge in [-0.3, -0.25) is 0 Å². The SMILES string of the molecule is CCCS(=O)(=O)N1CCC(NS(=O)(=O)c2c[nH]c(C(=O)O)c2)CC1. The molecule has 2 heterocycles. The van der Waals surface area contributed by atoms with E-state index in [0.29, 0.717) is 19.3 Å². The molecular formula is C13H21N3O6S2. The fourth-order valence-electron chi connectivity index (χ4n) is 2.58. The first-order chi connectivity index (χ1) is 11.2. The average molecular weight is 379 g/mol. The summed E-state index contributed by atoms with van der Waals surface area (Å²) in [6.45, 7) is 2.33. The van der Waals surface area contributed by atoms with E-state index in [1.54, 1.807) is 6.92 Å². The zero-order valence-corrected chi connectivity index (χ0v) is 14.9. The molecule has 0 atom stereocenters. The molecule has 0 unspecified atom stereocenters. The number of nitrogens with zero attached hydrogens (tertiary/aromatic N) is 1. The molecule has 136 valence electrons. The van der Waals surface area contributed by atoms with Gasteiger partial charge in [0, 0.05) is 25.3 Å². The number of rotatable bonds is 7. The monoisotopic (exact) mass is 379 g/mol. The number of hydrogen-bond acceptors (Lipinski definition) is 5. The number of aromatic amines is 1. The third kappa shape index (κ3) is 4.35. The van der Waals surface area contributed by atoms with Crippen LogP contribution in [0.1, 0.15) is 36.7 Å². The molecule has 1 aromatic heterocycles. The fourth-order valence-corrected chi connectivity index (χ4v) is 5.42. The zero-order chi connectivity index (χ0) is 18.0. The molecule has 0 spiro atoms. The van der Waals surface area contributed by atoms with Gasteiger partial charge in [0.1, 0.15) is 10.6 Å². The maximum absolute atomic E-state index is 12.3. The fraction of sp³-hybridized carbons (Fsp3) is 0.615. The molecule has 2 rings (SSSR count). The molecule has 0 amide bonds. The lowest BCUT2D eigenvalue weighted by Crippen LogP contribution is -2.46. The second-order valence-corrected chi connectivity index (χ2v) is 9.47. The van der Waals surface area contributed by atoms with Gasteiger partial charge in [-0.2, -0.15) is 0 Å². The standard InChI is InChI=1S/C13H21N3O6S2/c1-2-7-23(19,20)16-5-3-10(4-6-16)15-24(21,22)11-8-12(13(17)18)14-9-11/h8-10,14-15H,2-7H2,1H3,(H,17,18). The van der Waals surface area contributed by atoms with Crippen LogP contribution < -0.4 is 4.72 Å². The molecule has 1 aliphatic heterocycles. The summed E-state index contributed by atoms with van der Waals surface area (Å²) >= 11 is 0. The normalized spacial score (nSPS) is 17.9. The summed E-state index contributed by atoms with van der Waals surface area (Å²) in [5.41, 5.74) is -0.212. The van der Waals surface area contributed by atoms with Crippen LogP contribution in [0.15, 0.2) is 17.2 Å². The van der Waals surface area contributed by atoms with Crippen molar-refractivity contribution in [3.63, 3.8) is 0 Å². The molecule has 1 fully saturated rings. The van der Waals surface area contributed by atoms with Crippen molar-refractivity contribution in [3.05, 3.63) is 18.0 Å². The van der Waals surface area contributed by atoms with Gasteiger partial charge in [0.25, 0.3) is 0 Å². The molecule has 0 aliphatic carbocycles. The van der Waals surface area contributed by atoms with Gasteiger partial charge in [0.05, 0.1) is 5.75 Å². The van der Waals surface area contributed by atoms with Crippen molar-refractivity contribution < 1.29 is 26.7 Å². The summed E-state index contributed by atoms with van der Waals surface area (Å²) in [6.07, 6.45) is 2.40.